The van der Waals surface area contributed by atoms with E-state index in [1.54, 1.807) is 6.20 Å². The number of hydrogen-bond donors (Lipinski definition) is 0. The molecule has 128 valence electrons. The lowest BCUT2D eigenvalue weighted by molar-refractivity contribution is -0.0384. The second kappa shape index (κ2) is 7.09. The van der Waals surface area contributed by atoms with Gasteiger partial charge in [-0.2, -0.15) is 5.10 Å². The highest BCUT2D eigenvalue weighted by atomic mass is 35.5. The van der Waals surface area contributed by atoms with Gasteiger partial charge in [-0.3, -0.25) is 0 Å². The molecule has 2 aromatic rings. The van der Waals surface area contributed by atoms with Crippen molar-refractivity contribution in [2.45, 2.75) is 25.5 Å². The fourth-order valence-electron chi connectivity index (χ4n) is 3.23. The topological polar surface area (TPSA) is 52.4 Å². The van der Waals surface area contributed by atoms with E-state index in [2.05, 4.69) is 10.00 Å². The number of pyridine rings is 1. The first kappa shape index (κ1) is 15.9. The van der Waals surface area contributed by atoms with Gasteiger partial charge in [0.25, 0.3) is 0 Å². The van der Waals surface area contributed by atoms with Crippen molar-refractivity contribution < 1.29 is 9.47 Å². The normalized spacial score (nSPS) is 21.9. The lowest BCUT2D eigenvalue weighted by Gasteiger charge is -2.28. The number of halogens is 1. The van der Waals surface area contributed by atoms with Crippen LogP contribution in [0.5, 0.6) is 0 Å². The molecule has 2 aliphatic heterocycles. The Labute approximate surface area is 146 Å². The van der Waals surface area contributed by atoms with Crippen molar-refractivity contribution in [2.75, 3.05) is 37.8 Å². The summed E-state index contributed by atoms with van der Waals surface area (Å²) < 4.78 is 13.2. The Morgan fingerprint density at radius 3 is 2.79 bits per heavy atom. The van der Waals surface area contributed by atoms with Gasteiger partial charge < -0.3 is 14.4 Å². The maximum absolute atomic E-state index is 6.37. The molecule has 6 nitrogen and oxygen atoms in total. The zero-order chi connectivity index (χ0) is 16.4. The summed E-state index contributed by atoms with van der Waals surface area (Å²) in [5.74, 6) is 0.887. The summed E-state index contributed by atoms with van der Waals surface area (Å²) in [5, 5.41) is 5.14. The van der Waals surface area contributed by atoms with Gasteiger partial charge in [-0.1, -0.05) is 11.6 Å². The van der Waals surface area contributed by atoms with E-state index in [-0.39, 0.29) is 6.23 Å². The first-order valence-corrected chi connectivity index (χ1v) is 8.85. The Bertz CT molecular complexity index is 694. The van der Waals surface area contributed by atoms with Gasteiger partial charge in [0, 0.05) is 30.9 Å². The average Bonchev–Trinajstić information content (AvgIpc) is 3.12. The predicted molar refractivity (Wildman–Crippen MR) is 92.3 cm³/mol. The molecule has 2 aliphatic rings. The Morgan fingerprint density at radius 1 is 1.12 bits per heavy atom. The summed E-state index contributed by atoms with van der Waals surface area (Å²) >= 11 is 6.37. The predicted octanol–water partition coefficient (Wildman–Crippen LogP) is 3.13. The van der Waals surface area contributed by atoms with E-state index in [0.717, 1.165) is 69.4 Å². The van der Waals surface area contributed by atoms with Gasteiger partial charge in [0.2, 0.25) is 0 Å². The molecule has 1 unspecified atom stereocenters. The van der Waals surface area contributed by atoms with Crippen molar-refractivity contribution in [2.24, 2.45) is 0 Å². The van der Waals surface area contributed by atoms with Crippen molar-refractivity contribution in [1.29, 1.82) is 0 Å². The molecule has 0 bridgehead atoms. The van der Waals surface area contributed by atoms with Crippen LogP contribution in [0.25, 0.3) is 11.4 Å². The summed E-state index contributed by atoms with van der Waals surface area (Å²) in [5.41, 5.74) is 1.77. The molecule has 0 radical (unpaired) electrons. The number of aromatic nitrogens is 3. The van der Waals surface area contributed by atoms with Crippen LogP contribution >= 0.6 is 11.6 Å². The number of rotatable bonds is 3. The minimum atomic E-state index is -0.0173. The van der Waals surface area contributed by atoms with E-state index in [9.17, 15) is 0 Å². The second-order valence-corrected chi connectivity index (χ2v) is 6.55. The quantitative estimate of drug-likeness (QED) is 0.853. The first-order chi connectivity index (χ1) is 11.8. The molecule has 2 saturated heterocycles. The Balaban J connectivity index is 1.66. The van der Waals surface area contributed by atoms with Crippen LogP contribution in [0.4, 0.5) is 5.82 Å². The molecule has 0 saturated carbocycles. The summed E-state index contributed by atoms with van der Waals surface area (Å²) in [7, 11) is 0. The van der Waals surface area contributed by atoms with Crippen molar-refractivity contribution in [3.8, 4) is 11.4 Å². The number of morpholine rings is 1. The highest BCUT2D eigenvalue weighted by Gasteiger charge is 2.21. The minimum absolute atomic E-state index is 0.0173. The maximum Gasteiger partial charge on any atom is 0.150 e. The van der Waals surface area contributed by atoms with Gasteiger partial charge in [0.15, 0.2) is 6.23 Å². The van der Waals surface area contributed by atoms with Gasteiger partial charge in [0.05, 0.1) is 24.6 Å². The Kier molecular flexibility index (Phi) is 4.69. The summed E-state index contributed by atoms with van der Waals surface area (Å²) in [4.78, 5) is 7.03. The third-order valence-corrected chi connectivity index (χ3v) is 4.69. The number of anilines is 1. The Hall–Kier alpha value is -1.63. The molecule has 7 heteroatoms. The zero-order valence-electron chi connectivity index (χ0n) is 13.5. The van der Waals surface area contributed by atoms with E-state index in [0.29, 0.717) is 5.02 Å². The number of ether oxygens (including phenoxy) is 2. The van der Waals surface area contributed by atoms with E-state index < -0.39 is 0 Å². The largest absolute Gasteiger partial charge is 0.378 e. The highest BCUT2D eigenvalue weighted by molar-refractivity contribution is 6.31. The van der Waals surface area contributed by atoms with Gasteiger partial charge >= 0.3 is 0 Å². The molecule has 24 heavy (non-hydrogen) atoms. The van der Waals surface area contributed by atoms with Crippen LogP contribution in [-0.4, -0.2) is 47.7 Å². The molecule has 4 rings (SSSR count). The molecular weight excluding hydrogens is 328 g/mol. The lowest BCUT2D eigenvalue weighted by atomic mass is 10.2. The van der Waals surface area contributed by atoms with Crippen molar-refractivity contribution in [1.82, 2.24) is 14.8 Å². The van der Waals surface area contributed by atoms with Crippen LogP contribution in [0.3, 0.4) is 0 Å². The summed E-state index contributed by atoms with van der Waals surface area (Å²) in [6, 6.07) is 5.77. The van der Waals surface area contributed by atoms with E-state index >= 15 is 0 Å². The van der Waals surface area contributed by atoms with Gasteiger partial charge in [0.1, 0.15) is 5.82 Å². The third kappa shape index (κ3) is 3.27. The summed E-state index contributed by atoms with van der Waals surface area (Å²) in [6.07, 6.45) is 5.03. The lowest BCUT2D eigenvalue weighted by Crippen LogP contribution is -2.36. The molecule has 0 aliphatic carbocycles. The molecular formula is C17H21ClN4O2. The molecule has 1 atom stereocenters. The van der Waals surface area contributed by atoms with E-state index in [1.807, 2.05) is 22.9 Å². The Morgan fingerprint density at radius 2 is 2.00 bits per heavy atom. The van der Waals surface area contributed by atoms with E-state index in [4.69, 9.17) is 26.1 Å². The van der Waals surface area contributed by atoms with Crippen LogP contribution in [0.15, 0.2) is 24.4 Å². The third-order valence-electron chi connectivity index (χ3n) is 4.47. The first-order valence-electron chi connectivity index (χ1n) is 8.47. The average molecular weight is 349 g/mol. The molecule has 0 aromatic carbocycles. The molecule has 0 N–H and O–H groups in total. The maximum atomic E-state index is 6.37. The van der Waals surface area contributed by atoms with Crippen molar-refractivity contribution in [3.63, 3.8) is 0 Å². The SMILES string of the molecule is Clc1cc(-c2ccnn2C2CCCCO2)nc(N2CCOCC2)c1. The van der Waals surface area contributed by atoms with Crippen LogP contribution in [0, 0.1) is 0 Å². The van der Waals surface area contributed by atoms with Gasteiger partial charge in [-0.25, -0.2) is 9.67 Å². The van der Waals surface area contributed by atoms with Gasteiger partial charge in [-0.05, 0) is 37.5 Å². The fraction of sp³-hybridized carbons (Fsp3) is 0.529. The standard InChI is InChI=1S/C17H21ClN4O2/c18-13-11-14(20-16(12-13)21-6-9-23-10-7-21)15-4-5-19-22(15)17-3-1-2-8-24-17/h4-5,11-12,17H,1-3,6-10H2. The molecule has 0 spiro atoms. The number of nitrogens with zero attached hydrogens (tertiary/aromatic N) is 4. The summed E-state index contributed by atoms with van der Waals surface area (Å²) in [6.45, 7) is 3.89. The minimum Gasteiger partial charge on any atom is -0.378 e. The van der Waals surface area contributed by atoms with Crippen LogP contribution in [0.1, 0.15) is 25.5 Å². The fourth-order valence-corrected chi connectivity index (χ4v) is 3.43. The molecule has 2 aromatic heterocycles. The monoisotopic (exact) mass is 348 g/mol. The van der Waals surface area contributed by atoms with Crippen LogP contribution < -0.4 is 4.90 Å². The van der Waals surface area contributed by atoms with Crippen LogP contribution in [-0.2, 0) is 9.47 Å². The van der Waals surface area contributed by atoms with Crippen molar-refractivity contribution in [3.05, 3.63) is 29.4 Å². The molecule has 2 fully saturated rings. The smallest absolute Gasteiger partial charge is 0.150 e. The zero-order valence-corrected chi connectivity index (χ0v) is 14.3. The second-order valence-electron chi connectivity index (χ2n) is 6.11. The van der Waals surface area contributed by atoms with Crippen LogP contribution in [0.2, 0.25) is 5.02 Å². The number of hydrogen-bond acceptors (Lipinski definition) is 5. The molecule has 4 heterocycles. The van der Waals surface area contributed by atoms with E-state index in [1.165, 1.54) is 0 Å². The molecule has 0 amide bonds. The van der Waals surface area contributed by atoms with Gasteiger partial charge in [-0.15, -0.1) is 0 Å². The highest BCUT2D eigenvalue weighted by Crippen LogP contribution is 2.30. The van der Waals surface area contributed by atoms with Crippen molar-refractivity contribution >= 4 is 17.4 Å².